The van der Waals surface area contributed by atoms with Gasteiger partial charge >= 0.3 is 7.12 Å². The Bertz CT molecular complexity index is 1800. The molecule has 1 aliphatic carbocycles. The molecule has 1 unspecified atom stereocenters. The van der Waals surface area contributed by atoms with Gasteiger partial charge in [0.15, 0.2) is 0 Å². The minimum Gasteiger partial charge on any atom is -0.399 e. The Kier molecular flexibility index (Phi) is 5.88. The Morgan fingerprint density at radius 2 is 1.35 bits per heavy atom. The highest BCUT2D eigenvalue weighted by atomic mass is 16.7. The number of rotatable bonds is 4. The van der Waals surface area contributed by atoms with Crippen molar-refractivity contribution in [1.82, 2.24) is 4.57 Å². The number of para-hydroxylation sites is 1. The maximum atomic E-state index is 6.42. The molecule has 0 saturated carbocycles. The molecule has 1 saturated heterocycles. The molecule has 3 nitrogen and oxygen atoms in total. The summed E-state index contributed by atoms with van der Waals surface area (Å²) in [6.07, 6.45) is 5.83. The number of aromatic nitrogens is 1. The van der Waals surface area contributed by atoms with Crippen molar-refractivity contribution in [2.24, 2.45) is 0 Å². The predicted molar refractivity (Wildman–Crippen MR) is 166 cm³/mol. The Morgan fingerprint density at radius 3 is 2.02 bits per heavy atom. The van der Waals surface area contributed by atoms with E-state index < -0.39 is 7.12 Å². The quantitative estimate of drug-likeness (QED) is 0.257. The Labute approximate surface area is 236 Å². The first kappa shape index (κ1) is 25.1. The monoisotopic (exact) mass is 523 g/mol. The first-order chi connectivity index (χ1) is 19.3. The van der Waals surface area contributed by atoms with Gasteiger partial charge in [-0.05, 0) is 74.5 Å². The lowest BCUT2D eigenvalue weighted by Crippen LogP contribution is -2.41. The lowest BCUT2D eigenvalue weighted by molar-refractivity contribution is 0.00578. The van der Waals surface area contributed by atoms with Gasteiger partial charge in [0.1, 0.15) is 0 Å². The smallest absolute Gasteiger partial charge is 0.399 e. The molecule has 40 heavy (non-hydrogen) atoms. The van der Waals surface area contributed by atoms with Crippen LogP contribution in [0.2, 0.25) is 0 Å². The normalized spacial score (nSPS) is 19.2. The summed E-state index contributed by atoms with van der Waals surface area (Å²) in [7, 11) is -0.394. The second-order valence-corrected chi connectivity index (χ2v) is 12.0. The van der Waals surface area contributed by atoms with Crippen molar-refractivity contribution in [3.63, 3.8) is 0 Å². The minimum absolute atomic E-state index is 0.329. The number of benzene rings is 4. The van der Waals surface area contributed by atoms with Gasteiger partial charge in [0.05, 0.1) is 16.7 Å². The average Bonchev–Trinajstić information content (AvgIpc) is 3.42. The summed E-state index contributed by atoms with van der Waals surface area (Å²) in [5.41, 5.74) is 6.48. The van der Waals surface area contributed by atoms with Crippen LogP contribution in [0.25, 0.3) is 39.9 Å². The van der Waals surface area contributed by atoms with Gasteiger partial charge < -0.3 is 13.9 Å². The summed E-state index contributed by atoms with van der Waals surface area (Å²) in [6.45, 7) is 8.42. The molecular weight excluding hydrogens is 489 g/mol. The van der Waals surface area contributed by atoms with Gasteiger partial charge in [-0.15, -0.1) is 0 Å². The predicted octanol–water partition coefficient (Wildman–Crippen LogP) is 6.35. The largest absolute Gasteiger partial charge is 0.494 e. The van der Waals surface area contributed by atoms with Gasteiger partial charge in [0, 0.05) is 27.6 Å². The fraction of sp³-hybridized carbons (Fsp3) is 0.222. The van der Waals surface area contributed by atoms with E-state index in [4.69, 9.17) is 9.31 Å². The average molecular weight is 523 g/mol. The second-order valence-electron chi connectivity index (χ2n) is 12.0. The highest BCUT2D eigenvalue weighted by Crippen LogP contribution is 2.36. The summed E-state index contributed by atoms with van der Waals surface area (Å²) in [5, 5.41) is 3.80. The van der Waals surface area contributed by atoms with Gasteiger partial charge in [-0.2, -0.15) is 0 Å². The van der Waals surface area contributed by atoms with Crippen LogP contribution >= 0.6 is 0 Å². The van der Waals surface area contributed by atoms with Crippen LogP contribution in [0.15, 0.2) is 103 Å². The molecule has 0 radical (unpaired) electrons. The van der Waals surface area contributed by atoms with Crippen molar-refractivity contribution < 1.29 is 9.31 Å². The van der Waals surface area contributed by atoms with Crippen LogP contribution in [0.5, 0.6) is 0 Å². The van der Waals surface area contributed by atoms with E-state index in [9.17, 15) is 0 Å². The van der Waals surface area contributed by atoms with Crippen LogP contribution in [0.1, 0.15) is 45.6 Å². The molecule has 4 aromatic carbocycles. The van der Waals surface area contributed by atoms with Crippen LogP contribution in [-0.2, 0) is 9.31 Å². The molecule has 5 aromatic rings. The van der Waals surface area contributed by atoms with Gasteiger partial charge in [-0.1, -0.05) is 97.1 Å². The topological polar surface area (TPSA) is 23.4 Å². The molecule has 0 bridgehead atoms. The van der Waals surface area contributed by atoms with E-state index in [1.54, 1.807) is 0 Å². The van der Waals surface area contributed by atoms with Crippen molar-refractivity contribution >= 4 is 35.6 Å². The zero-order valence-electron chi connectivity index (χ0n) is 23.6. The molecule has 0 N–H and O–H groups in total. The molecular formula is C36H34BNO2. The molecule has 2 heterocycles. The molecule has 198 valence electrons. The van der Waals surface area contributed by atoms with E-state index in [-0.39, 0.29) is 11.2 Å². The van der Waals surface area contributed by atoms with Crippen LogP contribution < -0.4 is 16.0 Å². The molecule has 1 aromatic heterocycles. The summed E-state index contributed by atoms with van der Waals surface area (Å²) in [5.74, 6) is 0.329. The van der Waals surface area contributed by atoms with Gasteiger partial charge in [-0.3, -0.25) is 0 Å². The third-order valence-corrected chi connectivity index (χ3v) is 8.99. The maximum Gasteiger partial charge on any atom is 0.494 e. The Morgan fingerprint density at radius 1 is 0.725 bits per heavy atom. The van der Waals surface area contributed by atoms with E-state index in [1.807, 2.05) is 0 Å². The van der Waals surface area contributed by atoms with E-state index >= 15 is 0 Å². The first-order valence-electron chi connectivity index (χ1n) is 14.2. The molecule has 0 spiro atoms. The second kappa shape index (κ2) is 9.37. The highest BCUT2D eigenvalue weighted by molar-refractivity contribution is 6.62. The fourth-order valence-electron chi connectivity index (χ4n) is 6.00. The van der Waals surface area contributed by atoms with E-state index in [1.165, 1.54) is 38.2 Å². The lowest BCUT2D eigenvalue weighted by Gasteiger charge is -2.32. The van der Waals surface area contributed by atoms with Crippen molar-refractivity contribution in [2.45, 2.75) is 51.2 Å². The number of hydrogen-bond donors (Lipinski definition) is 0. The van der Waals surface area contributed by atoms with E-state index in [2.05, 4.69) is 148 Å². The van der Waals surface area contributed by atoms with E-state index in [0.717, 1.165) is 17.6 Å². The first-order valence-corrected chi connectivity index (χ1v) is 14.2. The van der Waals surface area contributed by atoms with Crippen LogP contribution in [-0.4, -0.2) is 22.9 Å². The van der Waals surface area contributed by atoms with Crippen molar-refractivity contribution in [3.05, 3.63) is 119 Å². The van der Waals surface area contributed by atoms with Crippen LogP contribution in [0.4, 0.5) is 0 Å². The molecule has 1 atom stereocenters. The van der Waals surface area contributed by atoms with Gasteiger partial charge in [0.25, 0.3) is 0 Å². The third-order valence-electron chi connectivity index (χ3n) is 8.99. The van der Waals surface area contributed by atoms with Crippen molar-refractivity contribution in [1.29, 1.82) is 0 Å². The number of fused-ring (bicyclic) bond motifs is 3. The van der Waals surface area contributed by atoms with Crippen LogP contribution in [0, 0.1) is 0 Å². The molecule has 1 aliphatic heterocycles. The van der Waals surface area contributed by atoms with Crippen LogP contribution in [0.3, 0.4) is 0 Å². The van der Waals surface area contributed by atoms with Crippen molar-refractivity contribution in [3.8, 4) is 16.8 Å². The Balaban J connectivity index is 1.34. The maximum absolute atomic E-state index is 6.42. The van der Waals surface area contributed by atoms with E-state index in [0.29, 0.717) is 5.92 Å². The summed E-state index contributed by atoms with van der Waals surface area (Å²) in [4.78, 5) is 0. The molecule has 2 aliphatic rings. The van der Waals surface area contributed by atoms with Gasteiger partial charge in [-0.25, -0.2) is 0 Å². The summed E-state index contributed by atoms with van der Waals surface area (Å²) >= 11 is 0. The fourth-order valence-corrected chi connectivity index (χ4v) is 6.00. The highest BCUT2D eigenvalue weighted by Gasteiger charge is 2.51. The van der Waals surface area contributed by atoms with Crippen molar-refractivity contribution in [2.75, 3.05) is 0 Å². The number of hydrogen-bond acceptors (Lipinski definition) is 2. The zero-order valence-corrected chi connectivity index (χ0v) is 23.6. The molecule has 1 fully saturated rings. The molecule has 7 rings (SSSR count). The zero-order chi connectivity index (χ0) is 27.5. The molecule has 4 heteroatoms. The SMILES string of the molecule is CC1(C)OB(c2ccc3c4c(n(-c5ccccc5)c3c2)=CCC(c2ccc(-c3ccccc3)cc2)C=4)OC1(C)C. The third kappa shape index (κ3) is 4.14. The lowest BCUT2D eigenvalue weighted by atomic mass is 9.78. The number of nitrogens with zero attached hydrogens (tertiary/aromatic N) is 1. The van der Waals surface area contributed by atoms with Gasteiger partial charge in [0.2, 0.25) is 0 Å². The standard InChI is InChI=1S/C36H34BNO2/c1-35(2)36(3,4)40-37(39-35)29-20-21-31-32-23-28(27-17-15-26(16-18-27)25-11-7-5-8-12-25)19-22-33(32)38(34(31)24-29)30-13-9-6-10-14-30/h5-18,20-24,28H,19H2,1-4H3. The summed E-state index contributed by atoms with van der Waals surface area (Å²) < 4.78 is 15.2. The Hall–Kier alpha value is -3.86. The summed E-state index contributed by atoms with van der Waals surface area (Å²) in [6, 6.07) is 37.0. The minimum atomic E-state index is -0.394. The molecule has 0 amide bonds.